The van der Waals surface area contributed by atoms with Gasteiger partial charge in [-0.2, -0.15) is 0 Å². The number of anilines is 2. The number of rotatable bonds is 3. The molecule has 2 aromatic carbocycles. The van der Waals surface area contributed by atoms with Crippen molar-refractivity contribution in [3.63, 3.8) is 0 Å². The number of benzene rings is 2. The first kappa shape index (κ1) is 13.2. The largest absolute Gasteiger partial charge is 0.440 e. The van der Waals surface area contributed by atoms with Crippen molar-refractivity contribution in [2.24, 2.45) is 0 Å². The lowest BCUT2D eigenvalue weighted by Crippen LogP contribution is -2.09. The van der Waals surface area contributed by atoms with Gasteiger partial charge in [-0.15, -0.1) is 0 Å². The number of hydrogen-bond donors (Lipinski definition) is 1. The zero-order valence-electron chi connectivity index (χ0n) is 12.0. The summed E-state index contributed by atoms with van der Waals surface area (Å²) < 4.78 is 5.45. The Morgan fingerprint density at radius 3 is 2.38 bits per heavy atom. The number of nitrogens with zero attached hydrogens (tertiary/aromatic N) is 1. The van der Waals surface area contributed by atoms with E-state index < -0.39 is 0 Å². The molecule has 4 nitrogen and oxygen atoms in total. The van der Waals surface area contributed by atoms with E-state index in [1.165, 1.54) is 0 Å². The van der Waals surface area contributed by atoms with Gasteiger partial charge < -0.3 is 15.1 Å². The molecule has 0 saturated carbocycles. The van der Waals surface area contributed by atoms with Crippen LogP contribution in [0.4, 0.5) is 11.6 Å². The minimum absolute atomic E-state index is 0.122. The van der Waals surface area contributed by atoms with Crippen molar-refractivity contribution in [2.75, 3.05) is 24.7 Å². The van der Waals surface area contributed by atoms with Crippen LogP contribution in [-0.4, -0.2) is 19.9 Å². The van der Waals surface area contributed by atoms with Crippen LogP contribution in [0, 0.1) is 0 Å². The number of nitrogens with two attached hydrogens (primary N) is 1. The highest BCUT2D eigenvalue weighted by atomic mass is 16.3. The number of carbonyl (C=O) groups is 1. The highest BCUT2D eigenvalue weighted by Gasteiger charge is 2.20. The molecule has 0 atom stereocenters. The Labute approximate surface area is 122 Å². The highest BCUT2D eigenvalue weighted by Crippen LogP contribution is 2.30. The van der Waals surface area contributed by atoms with Gasteiger partial charge in [-0.3, -0.25) is 4.79 Å². The molecule has 1 aromatic heterocycles. The van der Waals surface area contributed by atoms with Crippen molar-refractivity contribution in [1.82, 2.24) is 0 Å². The summed E-state index contributed by atoms with van der Waals surface area (Å²) >= 11 is 0. The minimum Gasteiger partial charge on any atom is -0.440 e. The van der Waals surface area contributed by atoms with Crippen LogP contribution in [0.15, 0.2) is 52.9 Å². The van der Waals surface area contributed by atoms with Gasteiger partial charge in [0.2, 0.25) is 5.88 Å². The molecule has 0 radical (unpaired) electrons. The molecule has 0 unspecified atom stereocenters. The molecule has 21 heavy (non-hydrogen) atoms. The maximum atomic E-state index is 12.7. The number of fused-ring (bicyclic) bond motifs is 1. The third-order valence-corrected chi connectivity index (χ3v) is 3.50. The van der Waals surface area contributed by atoms with Crippen LogP contribution >= 0.6 is 0 Å². The summed E-state index contributed by atoms with van der Waals surface area (Å²) in [7, 11) is 3.91. The van der Waals surface area contributed by atoms with Gasteiger partial charge in [-0.25, -0.2) is 0 Å². The number of ketones is 1. The predicted octanol–water partition coefficient (Wildman–Crippen LogP) is 3.31. The van der Waals surface area contributed by atoms with Gasteiger partial charge in [-0.05, 0) is 30.3 Å². The van der Waals surface area contributed by atoms with Gasteiger partial charge in [0.1, 0.15) is 5.58 Å². The lowest BCUT2D eigenvalue weighted by atomic mass is 10.0. The first-order valence-corrected chi connectivity index (χ1v) is 6.67. The van der Waals surface area contributed by atoms with E-state index in [1.54, 1.807) is 18.2 Å². The number of furan rings is 1. The lowest BCUT2D eigenvalue weighted by molar-refractivity contribution is 0.104. The Morgan fingerprint density at radius 1 is 1.05 bits per heavy atom. The normalized spacial score (nSPS) is 10.8. The van der Waals surface area contributed by atoms with Crippen LogP contribution in [0.2, 0.25) is 0 Å². The fraction of sp³-hybridized carbons (Fsp3) is 0.118. The van der Waals surface area contributed by atoms with Crippen LogP contribution in [0.1, 0.15) is 15.9 Å². The van der Waals surface area contributed by atoms with E-state index in [2.05, 4.69) is 0 Å². The van der Waals surface area contributed by atoms with Crippen LogP contribution in [-0.2, 0) is 0 Å². The molecule has 3 aromatic rings. The van der Waals surface area contributed by atoms with Crippen LogP contribution in [0.25, 0.3) is 11.0 Å². The summed E-state index contributed by atoms with van der Waals surface area (Å²) in [6.07, 6.45) is 0. The van der Waals surface area contributed by atoms with Gasteiger partial charge in [0.15, 0.2) is 5.78 Å². The molecule has 0 fully saturated rings. The van der Waals surface area contributed by atoms with Gasteiger partial charge in [0, 0.05) is 30.7 Å². The van der Waals surface area contributed by atoms with E-state index in [9.17, 15) is 4.79 Å². The molecule has 106 valence electrons. The molecule has 0 bridgehead atoms. The standard InChI is InChI=1S/C17H16N2O2/c1-19(2)12-9-7-11(8-10-12)16(20)15-13-5-3-4-6-14(13)21-17(15)18/h3-10H,18H2,1-2H3. The van der Waals surface area contributed by atoms with Crippen molar-refractivity contribution in [2.45, 2.75) is 0 Å². The number of hydrogen-bond acceptors (Lipinski definition) is 4. The Bertz CT molecular complexity index is 801. The average Bonchev–Trinajstić information content (AvgIpc) is 2.82. The van der Waals surface area contributed by atoms with Crippen molar-refractivity contribution in [3.05, 3.63) is 59.7 Å². The molecule has 0 aliphatic carbocycles. The van der Waals surface area contributed by atoms with E-state index in [4.69, 9.17) is 10.2 Å². The maximum absolute atomic E-state index is 12.7. The lowest BCUT2D eigenvalue weighted by Gasteiger charge is -2.12. The molecule has 2 N–H and O–H groups in total. The van der Waals surface area contributed by atoms with Crippen LogP contribution in [0.5, 0.6) is 0 Å². The second kappa shape index (κ2) is 4.98. The fourth-order valence-electron chi connectivity index (χ4n) is 2.35. The van der Waals surface area contributed by atoms with Crippen molar-refractivity contribution in [3.8, 4) is 0 Å². The second-order valence-electron chi connectivity index (χ2n) is 5.11. The van der Waals surface area contributed by atoms with Gasteiger partial charge in [-0.1, -0.05) is 18.2 Å². The summed E-state index contributed by atoms with van der Waals surface area (Å²) in [6, 6.07) is 14.8. The third-order valence-electron chi connectivity index (χ3n) is 3.50. The van der Waals surface area contributed by atoms with Crippen molar-refractivity contribution in [1.29, 1.82) is 0 Å². The first-order valence-electron chi connectivity index (χ1n) is 6.67. The SMILES string of the molecule is CN(C)c1ccc(C(=O)c2c(N)oc3ccccc23)cc1. The van der Waals surface area contributed by atoms with Gasteiger partial charge in [0.25, 0.3) is 0 Å². The zero-order valence-corrected chi connectivity index (χ0v) is 12.0. The fourth-order valence-corrected chi connectivity index (χ4v) is 2.35. The Hall–Kier alpha value is -2.75. The van der Waals surface area contributed by atoms with Crippen LogP contribution in [0.3, 0.4) is 0 Å². The summed E-state index contributed by atoms with van der Waals surface area (Å²) in [4.78, 5) is 14.7. The Balaban J connectivity index is 2.06. The van der Waals surface area contributed by atoms with Gasteiger partial charge in [0.05, 0.1) is 5.56 Å². The second-order valence-corrected chi connectivity index (χ2v) is 5.11. The Kier molecular flexibility index (Phi) is 3.14. The number of nitrogen functional groups attached to an aromatic ring is 1. The number of carbonyl (C=O) groups excluding carboxylic acids is 1. The molecular formula is C17H16N2O2. The molecule has 3 rings (SSSR count). The number of para-hydroxylation sites is 1. The quantitative estimate of drug-likeness (QED) is 0.748. The third kappa shape index (κ3) is 2.25. The van der Waals surface area contributed by atoms with E-state index in [-0.39, 0.29) is 11.7 Å². The molecule has 0 aliphatic rings. The van der Waals surface area contributed by atoms with E-state index in [1.807, 2.05) is 49.3 Å². The van der Waals surface area contributed by atoms with E-state index in [0.29, 0.717) is 16.7 Å². The average molecular weight is 280 g/mol. The maximum Gasteiger partial charge on any atom is 0.202 e. The highest BCUT2D eigenvalue weighted by molar-refractivity contribution is 6.19. The Morgan fingerprint density at radius 2 is 1.71 bits per heavy atom. The molecule has 0 spiro atoms. The molecule has 0 amide bonds. The van der Waals surface area contributed by atoms with E-state index >= 15 is 0 Å². The molecular weight excluding hydrogens is 264 g/mol. The molecule has 0 saturated heterocycles. The summed E-state index contributed by atoms with van der Waals surface area (Å²) in [5.41, 5.74) is 8.57. The topological polar surface area (TPSA) is 59.5 Å². The molecule has 4 heteroatoms. The molecule has 0 aliphatic heterocycles. The monoisotopic (exact) mass is 280 g/mol. The van der Waals surface area contributed by atoms with Gasteiger partial charge >= 0.3 is 0 Å². The van der Waals surface area contributed by atoms with Crippen molar-refractivity contribution >= 4 is 28.3 Å². The molecule has 1 heterocycles. The summed E-state index contributed by atoms with van der Waals surface area (Å²) in [6.45, 7) is 0. The smallest absolute Gasteiger partial charge is 0.202 e. The van der Waals surface area contributed by atoms with Crippen LogP contribution < -0.4 is 10.6 Å². The predicted molar refractivity (Wildman–Crippen MR) is 84.8 cm³/mol. The first-order chi connectivity index (χ1) is 10.1. The minimum atomic E-state index is -0.122. The zero-order chi connectivity index (χ0) is 15.0. The summed E-state index contributed by atoms with van der Waals surface area (Å²) in [5.74, 6) is 0.0423. The van der Waals surface area contributed by atoms with Crippen molar-refractivity contribution < 1.29 is 9.21 Å². The summed E-state index contributed by atoms with van der Waals surface area (Å²) in [5, 5.41) is 0.747. The van der Waals surface area contributed by atoms with E-state index in [0.717, 1.165) is 11.1 Å².